The number of rotatable bonds is 4. The van der Waals surface area contributed by atoms with E-state index >= 15 is 0 Å². The summed E-state index contributed by atoms with van der Waals surface area (Å²) < 4.78 is 2.50. The molecule has 3 nitrogen and oxygen atoms in total. The molecule has 0 spiro atoms. The van der Waals surface area contributed by atoms with Crippen molar-refractivity contribution in [3.8, 4) is 17.1 Å². The molecule has 0 unspecified atom stereocenters. The summed E-state index contributed by atoms with van der Waals surface area (Å²) in [5.41, 5.74) is 12.8. The predicted octanol–water partition coefficient (Wildman–Crippen LogP) is 7.61. The standard InChI is InChI=1S/C37H38BN3/c1-24-12-10-13-25(2)34(24)38-36-33(20-21-40(38)5)39-37(41(36)35-26(3)14-11-15-27(35)4)30-22-29-18-8-9-19-31(29)32(23-30)28-16-6-7-17-28/h8-15,18-23,28H,6-7,16-17H2,1-5H3. The minimum Gasteiger partial charge on any atom is -0.414 e. The molecular weight excluding hydrogens is 497 g/mol. The lowest BCUT2D eigenvalue weighted by Crippen LogP contribution is -2.59. The molecule has 0 bridgehead atoms. The van der Waals surface area contributed by atoms with Crippen molar-refractivity contribution in [2.24, 2.45) is 0 Å². The van der Waals surface area contributed by atoms with Gasteiger partial charge in [-0.2, -0.15) is 0 Å². The van der Waals surface area contributed by atoms with Crippen LogP contribution in [0.15, 0.2) is 79.0 Å². The van der Waals surface area contributed by atoms with Crippen LogP contribution in [-0.4, -0.2) is 28.3 Å². The third kappa shape index (κ3) is 4.23. The Kier molecular flexibility index (Phi) is 6.38. The number of para-hydroxylation sites is 1. The van der Waals surface area contributed by atoms with Crippen molar-refractivity contribution in [2.45, 2.75) is 59.3 Å². The first-order valence-electron chi connectivity index (χ1n) is 15.1. The first-order chi connectivity index (χ1) is 19.9. The molecule has 2 heterocycles. The first-order valence-corrected chi connectivity index (χ1v) is 15.1. The fraction of sp³-hybridized carbons (Fsp3) is 0.270. The lowest BCUT2D eigenvalue weighted by atomic mass is 9.48. The van der Waals surface area contributed by atoms with Gasteiger partial charge in [-0.15, -0.1) is 0 Å². The summed E-state index contributed by atoms with van der Waals surface area (Å²) in [6.45, 7) is 9.02. The normalized spacial score (nSPS) is 15.2. The van der Waals surface area contributed by atoms with E-state index in [0.717, 1.165) is 11.5 Å². The van der Waals surface area contributed by atoms with Crippen LogP contribution < -0.4 is 11.1 Å². The van der Waals surface area contributed by atoms with E-state index in [1.54, 1.807) is 0 Å². The van der Waals surface area contributed by atoms with Crippen LogP contribution in [0.3, 0.4) is 0 Å². The fourth-order valence-electron chi connectivity index (χ4n) is 7.52. The highest BCUT2D eigenvalue weighted by molar-refractivity contribution is 6.84. The Morgan fingerprint density at radius 3 is 2.15 bits per heavy atom. The Morgan fingerprint density at radius 2 is 1.44 bits per heavy atom. The van der Waals surface area contributed by atoms with E-state index < -0.39 is 0 Å². The third-order valence-electron chi connectivity index (χ3n) is 9.50. The van der Waals surface area contributed by atoms with Crippen LogP contribution in [0.2, 0.25) is 0 Å². The van der Waals surface area contributed by atoms with Gasteiger partial charge in [0.05, 0.1) is 11.4 Å². The molecule has 1 saturated carbocycles. The third-order valence-corrected chi connectivity index (χ3v) is 9.50. The number of aryl methyl sites for hydroxylation is 4. The zero-order valence-corrected chi connectivity index (χ0v) is 24.9. The second-order valence-electron chi connectivity index (χ2n) is 12.2. The smallest absolute Gasteiger partial charge is 0.344 e. The van der Waals surface area contributed by atoms with E-state index in [9.17, 15) is 0 Å². The molecule has 7 rings (SSSR count). The predicted molar refractivity (Wildman–Crippen MR) is 175 cm³/mol. The Balaban J connectivity index is 1.56. The molecule has 0 radical (unpaired) electrons. The number of nitrogens with zero attached hydrogens (tertiary/aromatic N) is 3. The topological polar surface area (TPSA) is 21.1 Å². The van der Waals surface area contributed by atoms with Crippen molar-refractivity contribution in [3.05, 3.63) is 113 Å². The molecule has 1 fully saturated rings. The average molecular weight is 536 g/mol. The van der Waals surface area contributed by atoms with Gasteiger partial charge >= 0.3 is 6.85 Å². The van der Waals surface area contributed by atoms with Crippen molar-refractivity contribution in [1.82, 2.24) is 14.4 Å². The van der Waals surface area contributed by atoms with Gasteiger partial charge in [-0.1, -0.05) is 84.6 Å². The Hall–Kier alpha value is -4.05. The van der Waals surface area contributed by atoms with Gasteiger partial charge in [-0.25, -0.2) is 4.98 Å². The molecular formula is C37H38BN3. The fourth-order valence-corrected chi connectivity index (χ4v) is 7.52. The zero-order chi connectivity index (χ0) is 28.2. The number of imidazole rings is 1. The lowest BCUT2D eigenvalue weighted by molar-refractivity contribution is 0.723. The molecule has 1 aliphatic heterocycles. The van der Waals surface area contributed by atoms with Crippen LogP contribution in [0, 0.1) is 27.7 Å². The molecule has 0 atom stereocenters. The van der Waals surface area contributed by atoms with Crippen LogP contribution in [0.25, 0.3) is 33.9 Å². The average Bonchev–Trinajstić information content (AvgIpc) is 3.63. The summed E-state index contributed by atoms with van der Waals surface area (Å²) in [4.78, 5) is 7.83. The number of fused-ring (bicyclic) bond motifs is 2. The Bertz CT molecular complexity index is 1780. The molecule has 2 aliphatic rings. The van der Waals surface area contributed by atoms with E-state index in [-0.39, 0.29) is 6.85 Å². The summed E-state index contributed by atoms with van der Waals surface area (Å²) in [6.07, 6.45) is 9.60. The van der Waals surface area contributed by atoms with Gasteiger partial charge in [0.1, 0.15) is 5.82 Å². The minimum atomic E-state index is 0.0613. The second-order valence-corrected chi connectivity index (χ2v) is 12.2. The summed E-state index contributed by atoms with van der Waals surface area (Å²) in [5.74, 6) is 1.65. The monoisotopic (exact) mass is 535 g/mol. The van der Waals surface area contributed by atoms with Crippen molar-refractivity contribution in [3.63, 3.8) is 0 Å². The van der Waals surface area contributed by atoms with Crippen LogP contribution in [0.1, 0.15) is 65.1 Å². The number of hydrogen-bond donors (Lipinski definition) is 0. The highest BCUT2D eigenvalue weighted by atomic mass is 15.1. The highest BCUT2D eigenvalue weighted by Gasteiger charge is 2.37. The number of benzene rings is 4. The number of hydrogen-bond acceptors (Lipinski definition) is 2. The Labute approximate surface area is 244 Å². The summed E-state index contributed by atoms with van der Waals surface area (Å²) in [5, 5.41) is 2.70. The number of aromatic nitrogens is 2. The molecule has 4 aromatic carbocycles. The molecule has 1 aromatic heterocycles. The molecule has 0 saturated heterocycles. The molecule has 5 aromatic rings. The maximum Gasteiger partial charge on any atom is 0.344 e. The van der Waals surface area contributed by atoms with Gasteiger partial charge in [0.15, 0.2) is 0 Å². The van der Waals surface area contributed by atoms with Crippen molar-refractivity contribution < 1.29 is 0 Å². The molecule has 41 heavy (non-hydrogen) atoms. The second kappa shape index (κ2) is 10.1. The van der Waals surface area contributed by atoms with Gasteiger partial charge in [0.25, 0.3) is 0 Å². The molecule has 4 heteroatoms. The molecule has 0 N–H and O–H groups in total. The lowest BCUT2D eigenvalue weighted by Gasteiger charge is -2.31. The van der Waals surface area contributed by atoms with Crippen molar-refractivity contribution >= 4 is 34.8 Å². The molecule has 204 valence electrons. The maximum absolute atomic E-state index is 5.47. The Morgan fingerprint density at radius 1 is 0.780 bits per heavy atom. The van der Waals surface area contributed by atoms with E-state index in [4.69, 9.17) is 4.98 Å². The SMILES string of the molecule is Cc1cccc(C)c1B1c2c(nc(-c3cc(C4CCCC4)c4ccccc4c3)n2-c2c(C)cccc2C)C=CN1C. The highest BCUT2D eigenvalue weighted by Crippen LogP contribution is 2.40. The zero-order valence-electron chi connectivity index (χ0n) is 24.9. The van der Waals surface area contributed by atoms with E-state index in [1.807, 2.05) is 0 Å². The van der Waals surface area contributed by atoms with Crippen LogP contribution in [0.4, 0.5) is 0 Å². The van der Waals surface area contributed by atoms with Gasteiger partial charge < -0.3 is 9.38 Å². The summed E-state index contributed by atoms with van der Waals surface area (Å²) in [7, 11) is 2.20. The van der Waals surface area contributed by atoms with Gasteiger partial charge in [-0.3, -0.25) is 0 Å². The summed E-state index contributed by atoms with van der Waals surface area (Å²) in [6, 6.07) is 27.1. The van der Waals surface area contributed by atoms with Crippen LogP contribution >= 0.6 is 0 Å². The van der Waals surface area contributed by atoms with Gasteiger partial charge in [0, 0.05) is 11.2 Å². The molecule has 1 aliphatic carbocycles. The quantitative estimate of drug-likeness (QED) is 0.221. The van der Waals surface area contributed by atoms with E-state index in [2.05, 4.69) is 129 Å². The summed E-state index contributed by atoms with van der Waals surface area (Å²) >= 11 is 0. The first kappa shape index (κ1) is 25.9. The molecule has 0 amide bonds. The maximum atomic E-state index is 5.47. The van der Waals surface area contributed by atoms with E-state index in [1.165, 1.54) is 86.6 Å². The largest absolute Gasteiger partial charge is 0.414 e. The van der Waals surface area contributed by atoms with Crippen LogP contribution in [0.5, 0.6) is 0 Å². The van der Waals surface area contributed by atoms with Gasteiger partial charge in [-0.05, 0) is 111 Å². The van der Waals surface area contributed by atoms with Crippen molar-refractivity contribution in [1.29, 1.82) is 0 Å². The van der Waals surface area contributed by atoms with Crippen LogP contribution in [-0.2, 0) is 0 Å². The van der Waals surface area contributed by atoms with E-state index in [0.29, 0.717) is 5.92 Å². The van der Waals surface area contributed by atoms with Gasteiger partial charge in [0.2, 0.25) is 0 Å². The van der Waals surface area contributed by atoms with Crippen molar-refractivity contribution in [2.75, 3.05) is 7.05 Å². The minimum absolute atomic E-state index is 0.0613.